The van der Waals surface area contributed by atoms with E-state index < -0.39 is 12.7 Å². The first kappa shape index (κ1) is 15.1. The molecule has 18 heavy (non-hydrogen) atoms. The minimum Gasteiger partial charge on any atom is -0.392 e. The molecule has 0 fully saturated rings. The van der Waals surface area contributed by atoms with E-state index >= 15 is 0 Å². The van der Waals surface area contributed by atoms with Gasteiger partial charge in [-0.2, -0.15) is 13.2 Å². The molecule has 0 aliphatic carbocycles. The topological polar surface area (TPSA) is 23.5 Å². The van der Waals surface area contributed by atoms with Crippen LogP contribution in [0.2, 0.25) is 5.02 Å². The zero-order chi connectivity index (χ0) is 13.9. The number of benzene rings is 1. The van der Waals surface area contributed by atoms with Gasteiger partial charge in [0.05, 0.1) is 6.61 Å². The van der Waals surface area contributed by atoms with Crippen LogP contribution in [0.15, 0.2) is 18.2 Å². The predicted molar refractivity (Wildman–Crippen MR) is 65.9 cm³/mol. The van der Waals surface area contributed by atoms with Gasteiger partial charge in [0.25, 0.3) is 0 Å². The molecule has 2 nitrogen and oxygen atoms in total. The average Bonchev–Trinajstić information content (AvgIpc) is 2.24. The predicted octanol–water partition coefficient (Wildman–Crippen LogP) is 3.61. The number of anilines is 1. The Morgan fingerprint density at radius 2 is 1.94 bits per heavy atom. The van der Waals surface area contributed by atoms with Crippen molar-refractivity contribution in [3.05, 3.63) is 28.8 Å². The van der Waals surface area contributed by atoms with Crippen LogP contribution in [-0.2, 0) is 6.61 Å². The third kappa shape index (κ3) is 4.07. The molecule has 1 rings (SSSR count). The Kier molecular flexibility index (Phi) is 4.87. The molecule has 0 saturated carbocycles. The molecule has 0 spiro atoms. The van der Waals surface area contributed by atoms with Gasteiger partial charge in [-0.1, -0.05) is 17.7 Å². The zero-order valence-electron chi connectivity index (χ0n) is 10.1. The van der Waals surface area contributed by atoms with Gasteiger partial charge >= 0.3 is 6.18 Å². The molecule has 1 aromatic rings. The number of alkyl halides is 3. The average molecular weight is 282 g/mol. The summed E-state index contributed by atoms with van der Waals surface area (Å²) in [5, 5.41) is 9.53. The number of hydrogen-bond acceptors (Lipinski definition) is 2. The smallest absolute Gasteiger partial charge is 0.392 e. The molecule has 1 aromatic carbocycles. The highest BCUT2D eigenvalue weighted by Crippen LogP contribution is 2.29. The van der Waals surface area contributed by atoms with Crippen LogP contribution in [-0.4, -0.2) is 23.9 Å². The van der Waals surface area contributed by atoms with E-state index in [1.54, 1.807) is 19.9 Å². The molecular formula is C12H15ClF3NO. The molecule has 6 heteroatoms. The normalized spacial score (nSPS) is 12.0. The first-order chi connectivity index (χ1) is 8.24. The van der Waals surface area contributed by atoms with Crippen LogP contribution in [0.4, 0.5) is 18.9 Å². The Balaban J connectivity index is 3.16. The minimum absolute atomic E-state index is 0.317. The maximum absolute atomic E-state index is 12.6. The molecule has 0 aliphatic rings. The third-order valence-corrected chi connectivity index (χ3v) is 2.74. The van der Waals surface area contributed by atoms with E-state index in [4.69, 9.17) is 11.6 Å². The molecule has 0 aliphatic heterocycles. The van der Waals surface area contributed by atoms with E-state index in [-0.39, 0.29) is 12.6 Å². The van der Waals surface area contributed by atoms with E-state index in [2.05, 4.69) is 0 Å². The van der Waals surface area contributed by atoms with Crippen molar-refractivity contribution in [1.29, 1.82) is 0 Å². The van der Waals surface area contributed by atoms with Gasteiger partial charge in [-0.25, -0.2) is 0 Å². The molecule has 0 radical (unpaired) electrons. The highest BCUT2D eigenvalue weighted by atomic mass is 35.5. The minimum atomic E-state index is -4.31. The number of aliphatic hydroxyl groups excluding tert-OH is 1. The fourth-order valence-corrected chi connectivity index (χ4v) is 1.84. The van der Waals surface area contributed by atoms with E-state index in [1.165, 1.54) is 17.0 Å². The van der Waals surface area contributed by atoms with Gasteiger partial charge in [-0.15, -0.1) is 0 Å². The van der Waals surface area contributed by atoms with E-state index in [0.29, 0.717) is 16.3 Å². The second-order valence-electron chi connectivity index (χ2n) is 4.27. The highest BCUT2D eigenvalue weighted by molar-refractivity contribution is 6.30. The third-order valence-electron chi connectivity index (χ3n) is 2.50. The molecule has 0 amide bonds. The van der Waals surface area contributed by atoms with Crippen molar-refractivity contribution in [3.63, 3.8) is 0 Å². The molecule has 0 saturated heterocycles. The van der Waals surface area contributed by atoms with Gasteiger partial charge in [0.2, 0.25) is 0 Å². The van der Waals surface area contributed by atoms with Crippen LogP contribution >= 0.6 is 11.6 Å². The Hall–Kier alpha value is -0.940. The monoisotopic (exact) mass is 281 g/mol. The lowest BCUT2D eigenvalue weighted by Crippen LogP contribution is -2.39. The maximum Gasteiger partial charge on any atom is 0.405 e. The van der Waals surface area contributed by atoms with Crippen molar-refractivity contribution in [2.75, 3.05) is 11.4 Å². The van der Waals surface area contributed by atoms with Crippen molar-refractivity contribution in [2.45, 2.75) is 32.7 Å². The summed E-state index contributed by atoms with van der Waals surface area (Å²) in [6, 6.07) is 4.17. The van der Waals surface area contributed by atoms with Gasteiger partial charge in [0.15, 0.2) is 0 Å². The van der Waals surface area contributed by atoms with Crippen molar-refractivity contribution in [3.8, 4) is 0 Å². The maximum atomic E-state index is 12.6. The summed E-state index contributed by atoms with van der Waals surface area (Å²) < 4.78 is 37.7. The summed E-state index contributed by atoms with van der Waals surface area (Å²) in [6.45, 7) is 1.92. The number of aliphatic hydroxyl groups is 1. The van der Waals surface area contributed by atoms with Crippen LogP contribution in [0.3, 0.4) is 0 Å². The van der Waals surface area contributed by atoms with Gasteiger partial charge in [-0.3, -0.25) is 0 Å². The second-order valence-corrected chi connectivity index (χ2v) is 4.70. The van der Waals surface area contributed by atoms with E-state index in [0.717, 1.165) is 0 Å². The van der Waals surface area contributed by atoms with Crippen molar-refractivity contribution in [2.24, 2.45) is 0 Å². The van der Waals surface area contributed by atoms with Gasteiger partial charge in [0, 0.05) is 22.3 Å². The van der Waals surface area contributed by atoms with Crippen LogP contribution in [0, 0.1) is 0 Å². The Bertz CT molecular complexity index is 407. The lowest BCUT2D eigenvalue weighted by molar-refractivity contribution is -0.120. The molecular weight excluding hydrogens is 267 g/mol. The molecule has 0 unspecified atom stereocenters. The largest absolute Gasteiger partial charge is 0.405 e. The van der Waals surface area contributed by atoms with Gasteiger partial charge in [-0.05, 0) is 26.0 Å². The fourth-order valence-electron chi connectivity index (χ4n) is 1.68. The Morgan fingerprint density at radius 1 is 1.33 bits per heavy atom. The van der Waals surface area contributed by atoms with Crippen LogP contribution < -0.4 is 4.90 Å². The molecule has 0 bridgehead atoms. The Labute approximate surface area is 109 Å². The summed E-state index contributed by atoms with van der Waals surface area (Å²) in [4.78, 5) is 1.18. The molecule has 0 heterocycles. The van der Waals surface area contributed by atoms with Crippen LogP contribution in [0.1, 0.15) is 19.4 Å². The number of nitrogens with zero attached hydrogens (tertiary/aromatic N) is 1. The number of halogens is 4. The van der Waals surface area contributed by atoms with Crippen molar-refractivity contribution >= 4 is 17.3 Å². The first-order valence-electron chi connectivity index (χ1n) is 5.47. The first-order valence-corrected chi connectivity index (χ1v) is 5.85. The van der Waals surface area contributed by atoms with Crippen LogP contribution in [0.25, 0.3) is 0 Å². The molecule has 1 N–H and O–H groups in total. The molecule has 0 atom stereocenters. The summed E-state index contributed by atoms with van der Waals surface area (Å²) in [5.74, 6) is 0. The Morgan fingerprint density at radius 3 is 2.39 bits per heavy atom. The van der Waals surface area contributed by atoms with Gasteiger partial charge in [0.1, 0.15) is 6.54 Å². The number of rotatable bonds is 4. The summed E-state index contributed by atoms with van der Waals surface area (Å²) in [7, 11) is 0. The lowest BCUT2D eigenvalue weighted by Gasteiger charge is -2.31. The van der Waals surface area contributed by atoms with E-state index in [9.17, 15) is 18.3 Å². The highest BCUT2D eigenvalue weighted by Gasteiger charge is 2.32. The molecule has 0 aromatic heterocycles. The quantitative estimate of drug-likeness (QED) is 0.911. The van der Waals surface area contributed by atoms with Crippen molar-refractivity contribution in [1.82, 2.24) is 0 Å². The number of hydrogen-bond donors (Lipinski definition) is 1. The van der Waals surface area contributed by atoms with Crippen LogP contribution in [0.5, 0.6) is 0 Å². The zero-order valence-corrected chi connectivity index (χ0v) is 10.9. The second kappa shape index (κ2) is 5.80. The SMILES string of the molecule is CC(C)N(CC(F)(F)F)c1cc(Cl)ccc1CO. The van der Waals surface area contributed by atoms with Crippen molar-refractivity contribution < 1.29 is 18.3 Å². The standard InChI is InChI=1S/C12H15ClF3NO/c1-8(2)17(7-12(14,15)16)11-5-10(13)4-3-9(11)6-18/h3-5,8,18H,6-7H2,1-2H3. The summed E-state index contributed by atoms with van der Waals surface area (Å²) in [6.07, 6.45) is -4.31. The lowest BCUT2D eigenvalue weighted by atomic mass is 10.1. The van der Waals surface area contributed by atoms with E-state index in [1.807, 2.05) is 0 Å². The fraction of sp³-hybridized carbons (Fsp3) is 0.500. The summed E-state index contributed by atoms with van der Waals surface area (Å²) >= 11 is 5.80. The molecule has 102 valence electrons. The summed E-state index contributed by atoms with van der Waals surface area (Å²) in [5.41, 5.74) is 0.745. The van der Waals surface area contributed by atoms with Gasteiger partial charge < -0.3 is 10.0 Å².